The molecule has 2 atom stereocenters. The highest BCUT2D eigenvalue weighted by Crippen LogP contribution is 2.30. The smallest absolute Gasteiger partial charge is 0.150 e. The second-order valence-corrected chi connectivity index (χ2v) is 7.59. The van der Waals surface area contributed by atoms with Crippen LogP contribution in [0.3, 0.4) is 0 Å². The molecule has 0 spiro atoms. The lowest BCUT2D eigenvalue weighted by atomic mass is 9.87. The van der Waals surface area contributed by atoms with Crippen LogP contribution in [0.5, 0.6) is 0 Å². The highest BCUT2D eigenvalue weighted by Gasteiger charge is 2.32. The van der Waals surface area contributed by atoms with Crippen molar-refractivity contribution in [1.82, 2.24) is 0 Å². The molecule has 0 aromatic carbocycles. The number of halogens is 1. The number of rotatable bonds is 5. The van der Waals surface area contributed by atoms with Crippen LogP contribution >= 0.6 is 11.6 Å². The van der Waals surface area contributed by atoms with Gasteiger partial charge in [-0.2, -0.15) is 0 Å². The highest BCUT2D eigenvalue weighted by atomic mass is 35.5. The van der Waals surface area contributed by atoms with Crippen LogP contribution in [-0.4, -0.2) is 25.8 Å². The Morgan fingerprint density at radius 1 is 1.33 bits per heavy atom. The fourth-order valence-corrected chi connectivity index (χ4v) is 4.51. The molecule has 1 aliphatic heterocycles. The molecule has 0 radical (unpaired) electrons. The molecule has 0 aliphatic carbocycles. The van der Waals surface area contributed by atoms with E-state index in [2.05, 4.69) is 13.8 Å². The second-order valence-electron chi connectivity index (χ2n) is 5.05. The number of sulfone groups is 1. The van der Waals surface area contributed by atoms with Gasteiger partial charge in [-0.05, 0) is 30.6 Å². The topological polar surface area (TPSA) is 34.1 Å². The molecule has 1 heterocycles. The lowest BCUT2D eigenvalue weighted by Crippen LogP contribution is -2.18. The summed E-state index contributed by atoms with van der Waals surface area (Å²) in [4.78, 5) is 0. The van der Waals surface area contributed by atoms with Gasteiger partial charge in [0.25, 0.3) is 0 Å². The third-order valence-electron chi connectivity index (χ3n) is 3.25. The molecule has 0 bridgehead atoms. The molecular formula is C11H21ClO2S. The fourth-order valence-electron chi connectivity index (χ4n) is 2.18. The molecule has 0 saturated carbocycles. The Morgan fingerprint density at radius 3 is 2.40 bits per heavy atom. The number of hydrogen-bond donors (Lipinski definition) is 0. The Morgan fingerprint density at radius 2 is 2.00 bits per heavy atom. The molecule has 0 aromatic rings. The third kappa shape index (κ3) is 4.31. The molecule has 1 saturated heterocycles. The Kier molecular flexibility index (Phi) is 4.91. The molecule has 0 aromatic heterocycles. The Hall–Kier alpha value is 0.240. The molecular weight excluding hydrogens is 232 g/mol. The molecule has 1 aliphatic rings. The van der Waals surface area contributed by atoms with Gasteiger partial charge in [0.1, 0.15) is 0 Å². The van der Waals surface area contributed by atoms with Gasteiger partial charge in [-0.15, -0.1) is 11.6 Å². The number of hydrogen-bond acceptors (Lipinski definition) is 2. The standard InChI is InChI=1S/C11H21ClO2S/c1-9(2)3-4-10(7-12)11-5-6-15(13,14)8-11/h9-11H,3-8H2,1-2H3. The maximum Gasteiger partial charge on any atom is 0.150 e. The Balaban J connectivity index is 2.46. The van der Waals surface area contributed by atoms with E-state index in [9.17, 15) is 8.42 Å². The summed E-state index contributed by atoms with van der Waals surface area (Å²) in [6.45, 7) is 4.38. The van der Waals surface area contributed by atoms with Gasteiger partial charge in [0, 0.05) is 5.88 Å². The molecule has 2 nitrogen and oxygen atoms in total. The first-order valence-corrected chi connectivity index (χ1v) is 8.06. The van der Waals surface area contributed by atoms with E-state index in [4.69, 9.17) is 11.6 Å². The largest absolute Gasteiger partial charge is 0.229 e. The summed E-state index contributed by atoms with van der Waals surface area (Å²) in [5, 5.41) is 0. The predicted molar refractivity (Wildman–Crippen MR) is 65.0 cm³/mol. The molecule has 1 fully saturated rings. The summed E-state index contributed by atoms with van der Waals surface area (Å²) >= 11 is 5.93. The zero-order chi connectivity index (χ0) is 11.5. The van der Waals surface area contributed by atoms with Crippen LogP contribution in [0.25, 0.3) is 0 Å². The van der Waals surface area contributed by atoms with Crippen molar-refractivity contribution in [2.75, 3.05) is 17.4 Å². The quantitative estimate of drug-likeness (QED) is 0.705. The van der Waals surface area contributed by atoms with Crippen LogP contribution in [0.15, 0.2) is 0 Å². The van der Waals surface area contributed by atoms with Crippen LogP contribution < -0.4 is 0 Å². The Bertz CT molecular complexity index is 285. The van der Waals surface area contributed by atoms with Crippen molar-refractivity contribution >= 4 is 21.4 Å². The maximum atomic E-state index is 11.4. The minimum atomic E-state index is -2.75. The molecule has 0 N–H and O–H groups in total. The van der Waals surface area contributed by atoms with Gasteiger partial charge in [-0.25, -0.2) is 8.42 Å². The van der Waals surface area contributed by atoms with E-state index in [0.717, 1.165) is 19.3 Å². The fraction of sp³-hybridized carbons (Fsp3) is 1.00. The molecule has 0 amide bonds. The van der Waals surface area contributed by atoms with Crippen molar-refractivity contribution in [3.63, 3.8) is 0 Å². The van der Waals surface area contributed by atoms with E-state index in [0.29, 0.717) is 35.1 Å². The average molecular weight is 253 g/mol. The van der Waals surface area contributed by atoms with E-state index in [1.807, 2.05) is 0 Å². The lowest BCUT2D eigenvalue weighted by molar-refractivity contribution is 0.346. The van der Waals surface area contributed by atoms with Crippen molar-refractivity contribution in [2.24, 2.45) is 17.8 Å². The molecule has 1 rings (SSSR count). The van der Waals surface area contributed by atoms with Crippen molar-refractivity contribution in [3.8, 4) is 0 Å². The minimum Gasteiger partial charge on any atom is -0.229 e. The van der Waals surface area contributed by atoms with Crippen LogP contribution in [0.1, 0.15) is 33.1 Å². The predicted octanol–water partition coefficient (Wildman–Crippen LogP) is 2.71. The zero-order valence-electron chi connectivity index (χ0n) is 9.58. The van der Waals surface area contributed by atoms with E-state index < -0.39 is 9.84 Å². The first kappa shape index (κ1) is 13.3. The third-order valence-corrected chi connectivity index (χ3v) is 5.44. The minimum absolute atomic E-state index is 0.311. The average Bonchev–Trinajstić information content (AvgIpc) is 2.47. The van der Waals surface area contributed by atoms with Gasteiger partial charge in [-0.1, -0.05) is 20.3 Å². The van der Waals surface area contributed by atoms with Crippen LogP contribution in [0, 0.1) is 17.8 Å². The molecule has 15 heavy (non-hydrogen) atoms. The van der Waals surface area contributed by atoms with Gasteiger partial charge in [0.05, 0.1) is 11.5 Å². The summed E-state index contributed by atoms with van der Waals surface area (Å²) in [7, 11) is -2.75. The van der Waals surface area contributed by atoms with Crippen molar-refractivity contribution < 1.29 is 8.42 Å². The van der Waals surface area contributed by atoms with Gasteiger partial charge in [0.15, 0.2) is 9.84 Å². The van der Waals surface area contributed by atoms with Crippen molar-refractivity contribution in [2.45, 2.75) is 33.1 Å². The van der Waals surface area contributed by atoms with Crippen molar-refractivity contribution in [3.05, 3.63) is 0 Å². The van der Waals surface area contributed by atoms with Crippen LogP contribution in [0.2, 0.25) is 0 Å². The van der Waals surface area contributed by atoms with E-state index >= 15 is 0 Å². The molecule has 4 heteroatoms. The normalized spacial score (nSPS) is 27.1. The van der Waals surface area contributed by atoms with Crippen molar-refractivity contribution in [1.29, 1.82) is 0 Å². The highest BCUT2D eigenvalue weighted by molar-refractivity contribution is 7.91. The summed E-state index contributed by atoms with van der Waals surface area (Å²) in [6.07, 6.45) is 3.03. The maximum absolute atomic E-state index is 11.4. The van der Waals surface area contributed by atoms with Crippen LogP contribution in [-0.2, 0) is 9.84 Å². The SMILES string of the molecule is CC(C)CCC(CCl)C1CCS(=O)(=O)C1. The van der Waals surface area contributed by atoms with E-state index in [1.54, 1.807) is 0 Å². The van der Waals surface area contributed by atoms with Gasteiger partial charge < -0.3 is 0 Å². The molecule has 90 valence electrons. The summed E-state index contributed by atoms with van der Waals surface area (Å²) in [5.41, 5.74) is 0. The second kappa shape index (κ2) is 5.53. The molecule has 2 unspecified atom stereocenters. The van der Waals surface area contributed by atoms with Gasteiger partial charge in [-0.3, -0.25) is 0 Å². The zero-order valence-corrected chi connectivity index (χ0v) is 11.1. The monoisotopic (exact) mass is 252 g/mol. The van der Waals surface area contributed by atoms with E-state index in [-0.39, 0.29) is 0 Å². The Labute approximate surface area is 98.3 Å². The summed E-state index contributed by atoms with van der Waals surface area (Å²) in [5.74, 6) is 2.72. The number of alkyl halides is 1. The van der Waals surface area contributed by atoms with Crippen LogP contribution in [0.4, 0.5) is 0 Å². The van der Waals surface area contributed by atoms with Gasteiger partial charge >= 0.3 is 0 Å². The first-order chi connectivity index (χ1) is 6.94. The summed E-state index contributed by atoms with van der Waals surface area (Å²) < 4.78 is 22.7. The summed E-state index contributed by atoms with van der Waals surface area (Å²) in [6, 6.07) is 0. The van der Waals surface area contributed by atoms with Gasteiger partial charge in [0.2, 0.25) is 0 Å². The van der Waals surface area contributed by atoms with E-state index in [1.165, 1.54) is 0 Å². The first-order valence-electron chi connectivity index (χ1n) is 5.71. The lowest BCUT2D eigenvalue weighted by Gasteiger charge is -2.20.